The predicted octanol–water partition coefficient (Wildman–Crippen LogP) is 4.97. The largest absolute Gasteiger partial charge is 0.352 e. The van der Waals surface area contributed by atoms with Gasteiger partial charge in [0.05, 0.1) is 11.8 Å². The van der Waals surface area contributed by atoms with Crippen LogP contribution in [-0.2, 0) is 24.1 Å². The van der Waals surface area contributed by atoms with Gasteiger partial charge >= 0.3 is 0 Å². The first-order valence-electron chi connectivity index (χ1n) is 12.0. The van der Waals surface area contributed by atoms with Crippen molar-refractivity contribution in [1.82, 2.24) is 14.9 Å². The lowest BCUT2D eigenvalue weighted by atomic mass is 9.96. The number of anilines is 1. The van der Waals surface area contributed by atoms with E-state index in [0.717, 1.165) is 56.2 Å². The van der Waals surface area contributed by atoms with Crippen LogP contribution in [0.25, 0.3) is 10.2 Å². The van der Waals surface area contributed by atoms with Crippen LogP contribution in [0.3, 0.4) is 0 Å². The molecule has 168 valence electrons. The van der Waals surface area contributed by atoms with Crippen molar-refractivity contribution in [2.75, 3.05) is 31.1 Å². The normalized spacial score (nSPS) is 17.4. The number of nitrogens with zero attached hydrogens (tertiary/aromatic N) is 4. The highest BCUT2D eigenvalue weighted by atomic mass is 32.1. The minimum atomic E-state index is 0.219. The average Bonchev–Trinajstić information content (AvgIpc) is 3.22. The summed E-state index contributed by atoms with van der Waals surface area (Å²) in [5.74, 6) is 2.65. The Morgan fingerprint density at radius 2 is 1.81 bits per heavy atom. The van der Waals surface area contributed by atoms with E-state index in [2.05, 4.69) is 18.7 Å². The molecule has 0 unspecified atom stereocenters. The summed E-state index contributed by atoms with van der Waals surface area (Å²) in [5.41, 5.74) is 2.57. The predicted molar refractivity (Wildman–Crippen MR) is 132 cm³/mol. The summed E-state index contributed by atoms with van der Waals surface area (Å²) >= 11 is 1.88. The third kappa shape index (κ3) is 4.13. The van der Waals surface area contributed by atoms with E-state index in [0.29, 0.717) is 12.3 Å². The van der Waals surface area contributed by atoms with E-state index >= 15 is 0 Å². The van der Waals surface area contributed by atoms with Crippen LogP contribution in [0.2, 0.25) is 0 Å². The van der Waals surface area contributed by atoms with Gasteiger partial charge in [-0.05, 0) is 43.2 Å². The third-order valence-electron chi connectivity index (χ3n) is 7.00. The Bertz CT molecular complexity index is 1100. The van der Waals surface area contributed by atoms with Crippen LogP contribution >= 0.6 is 11.3 Å². The fourth-order valence-corrected chi connectivity index (χ4v) is 6.10. The van der Waals surface area contributed by atoms with Crippen LogP contribution in [0, 0.1) is 0 Å². The molecule has 0 bridgehead atoms. The Hall–Kier alpha value is -2.47. The van der Waals surface area contributed by atoms with Gasteiger partial charge in [0.25, 0.3) is 0 Å². The number of hydrogen-bond donors (Lipinski definition) is 0. The quantitative estimate of drug-likeness (QED) is 0.553. The molecule has 1 aliphatic carbocycles. The average molecular weight is 449 g/mol. The molecule has 0 spiro atoms. The van der Waals surface area contributed by atoms with Gasteiger partial charge in [-0.2, -0.15) is 0 Å². The molecule has 5 nitrogen and oxygen atoms in total. The van der Waals surface area contributed by atoms with Gasteiger partial charge in [-0.3, -0.25) is 4.79 Å². The van der Waals surface area contributed by atoms with Gasteiger partial charge in [0.15, 0.2) is 0 Å². The lowest BCUT2D eigenvalue weighted by Gasteiger charge is -2.36. The Morgan fingerprint density at radius 1 is 1.06 bits per heavy atom. The molecule has 5 rings (SSSR count). The van der Waals surface area contributed by atoms with Crippen molar-refractivity contribution < 1.29 is 4.79 Å². The maximum absolute atomic E-state index is 12.8. The molecular formula is C26H32N4OS. The van der Waals surface area contributed by atoms with Gasteiger partial charge in [-0.25, -0.2) is 9.97 Å². The summed E-state index contributed by atoms with van der Waals surface area (Å²) in [6, 6.07) is 10.0. The van der Waals surface area contributed by atoms with Crippen LogP contribution in [0.1, 0.15) is 60.9 Å². The lowest BCUT2D eigenvalue weighted by Crippen LogP contribution is -2.49. The van der Waals surface area contributed by atoms with Gasteiger partial charge in [-0.1, -0.05) is 44.2 Å². The summed E-state index contributed by atoms with van der Waals surface area (Å²) in [6.07, 6.45) is 6.38. The number of rotatable bonds is 5. The van der Waals surface area contributed by atoms with E-state index in [1.807, 2.05) is 46.6 Å². The van der Waals surface area contributed by atoms with Crippen molar-refractivity contribution in [2.24, 2.45) is 0 Å². The molecule has 2 aliphatic rings. The highest BCUT2D eigenvalue weighted by molar-refractivity contribution is 7.19. The summed E-state index contributed by atoms with van der Waals surface area (Å²) in [7, 11) is 0. The maximum Gasteiger partial charge on any atom is 0.227 e. The van der Waals surface area contributed by atoms with Gasteiger partial charge < -0.3 is 9.80 Å². The number of fused-ring (bicyclic) bond motifs is 3. The van der Waals surface area contributed by atoms with E-state index in [1.54, 1.807) is 0 Å². The molecule has 32 heavy (non-hydrogen) atoms. The molecule has 3 aromatic rings. The topological polar surface area (TPSA) is 49.3 Å². The molecule has 6 heteroatoms. The van der Waals surface area contributed by atoms with E-state index in [9.17, 15) is 4.79 Å². The second-order valence-corrected chi connectivity index (χ2v) is 10.2. The molecule has 1 saturated heterocycles. The molecule has 1 aliphatic heterocycles. The lowest BCUT2D eigenvalue weighted by molar-refractivity contribution is -0.130. The molecule has 0 radical (unpaired) electrons. The van der Waals surface area contributed by atoms with Gasteiger partial charge in [0, 0.05) is 37.0 Å². The van der Waals surface area contributed by atoms with Crippen molar-refractivity contribution in [3.8, 4) is 0 Å². The van der Waals surface area contributed by atoms with E-state index in [1.165, 1.54) is 39.9 Å². The van der Waals surface area contributed by atoms with E-state index in [4.69, 9.17) is 9.97 Å². The molecule has 0 saturated carbocycles. The molecular weight excluding hydrogens is 416 g/mol. The Morgan fingerprint density at radius 3 is 2.56 bits per heavy atom. The third-order valence-corrected chi connectivity index (χ3v) is 8.18. The van der Waals surface area contributed by atoms with Gasteiger partial charge in [0.1, 0.15) is 16.5 Å². The molecule has 1 aromatic carbocycles. The van der Waals surface area contributed by atoms with Crippen molar-refractivity contribution in [2.45, 2.75) is 58.3 Å². The Labute approximate surface area is 194 Å². The highest BCUT2D eigenvalue weighted by Crippen LogP contribution is 2.40. The fraction of sp³-hybridized carbons (Fsp3) is 0.500. The monoisotopic (exact) mass is 448 g/mol. The number of aromatic nitrogens is 2. The van der Waals surface area contributed by atoms with Crippen LogP contribution < -0.4 is 4.90 Å². The fourth-order valence-electron chi connectivity index (χ4n) is 4.84. The Kier molecular flexibility index (Phi) is 6.13. The van der Waals surface area contributed by atoms with Gasteiger partial charge in [-0.15, -0.1) is 11.3 Å². The zero-order valence-electron chi connectivity index (χ0n) is 19.1. The summed E-state index contributed by atoms with van der Waals surface area (Å²) in [6.45, 7) is 7.59. The molecule has 0 N–H and O–H groups in total. The summed E-state index contributed by atoms with van der Waals surface area (Å²) in [4.78, 5) is 30.1. The minimum Gasteiger partial charge on any atom is -0.352 e. The SMILES string of the molecule is CC[C@H](C)c1nc(N2CCN(C(=O)Cc3ccccc3)CC2)c2c3c(sc2n1)CCCC3. The number of hydrogen-bond acceptors (Lipinski definition) is 5. The number of thiophene rings is 1. The molecule has 3 heterocycles. The highest BCUT2D eigenvalue weighted by Gasteiger charge is 2.28. The molecule has 2 aromatic heterocycles. The summed E-state index contributed by atoms with van der Waals surface area (Å²) in [5, 5.41) is 1.29. The number of aryl methyl sites for hydroxylation is 2. The van der Waals surface area contributed by atoms with Crippen LogP contribution in [0.4, 0.5) is 5.82 Å². The first kappa shape index (κ1) is 21.4. The second-order valence-electron chi connectivity index (χ2n) is 9.14. The number of carbonyl (C=O) groups is 1. The number of benzene rings is 1. The molecule has 1 amide bonds. The minimum absolute atomic E-state index is 0.219. The standard InChI is InChI=1S/C26H32N4OS/c1-3-18(2)24-27-25(23-20-11-7-8-12-21(20)32-26(23)28-24)30-15-13-29(14-16-30)22(31)17-19-9-5-4-6-10-19/h4-6,9-10,18H,3,7-8,11-17H2,1-2H3/t18-/m0/s1. The second kappa shape index (κ2) is 9.18. The summed E-state index contributed by atoms with van der Waals surface area (Å²) < 4.78 is 0. The van der Waals surface area contributed by atoms with Crippen molar-refractivity contribution in [3.63, 3.8) is 0 Å². The van der Waals surface area contributed by atoms with Crippen LogP contribution in [-0.4, -0.2) is 47.0 Å². The molecule has 1 atom stereocenters. The maximum atomic E-state index is 12.8. The zero-order valence-corrected chi connectivity index (χ0v) is 20.0. The zero-order chi connectivity index (χ0) is 22.1. The first-order valence-corrected chi connectivity index (χ1v) is 12.8. The number of amides is 1. The van der Waals surface area contributed by atoms with Crippen molar-refractivity contribution >= 4 is 33.3 Å². The van der Waals surface area contributed by atoms with Crippen molar-refractivity contribution in [1.29, 1.82) is 0 Å². The van der Waals surface area contributed by atoms with Crippen LogP contribution in [0.5, 0.6) is 0 Å². The van der Waals surface area contributed by atoms with E-state index in [-0.39, 0.29) is 5.91 Å². The number of carbonyl (C=O) groups excluding carboxylic acids is 1. The van der Waals surface area contributed by atoms with Gasteiger partial charge in [0.2, 0.25) is 5.91 Å². The van der Waals surface area contributed by atoms with E-state index < -0.39 is 0 Å². The Balaban J connectivity index is 1.39. The number of piperazine rings is 1. The smallest absolute Gasteiger partial charge is 0.227 e. The van der Waals surface area contributed by atoms with Crippen molar-refractivity contribution in [3.05, 3.63) is 52.2 Å². The van der Waals surface area contributed by atoms with Crippen LogP contribution in [0.15, 0.2) is 30.3 Å². The molecule has 1 fully saturated rings. The first-order chi connectivity index (χ1) is 15.6.